The van der Waals surface area contributed by atoms with E-state index >= 15 is 0 Å². The second kappa shape index (κ2) is 13.7. The van der Waals surface area contributed by atoms with Gasteiger partial charge in [0.25, 0.3) is 0 Å². The van der Waals surface area contributed by atoms with Crippen LogP contribution in [0.5, 0.6) is 0 Å². The molecule has 6 aromatic carbocycles. The van der Waals surface area contributed by atoms with Gasteiger partial charge in [-0.3, -0.25) is 0 Å². The summed E-state index contributed by atoms with van der Waals surface area (Å²) in [5, 5.41) is 9.37. The summed E-state index contributed by atoms with van der Waals surface area (Å²) in [6.07, 6.45) is 1.03. The average molecular weight is 655 g/mol. The van der Waals surface area contributed by atoms with Gasteiger partial charge in [0.15, 0.2) is 0 Å². The first-order chi connectivity index (χ1) is 21.3. The molecular formula is C39H36BrNSi2. The van der Waals surface area contributed by atoms with E-state index in [-0.39, 0.29) is 0 Å². The predicted octanol–water partition coefficient (Wildman–Crippen LogP) is 5.41. The first-order valence-corrected chi connectivity index (χ1v) is 20.0. The van der Waals surface area contributed by atoms with Crippen molar-refractivity contribution in [3.8, 4) is 0 Å². The van der Waals surface area contributed by atoms with Gasteiger partial charge in [-0.25, -0.2) is 0 Å². The molecule has 0 aliphatic heterocycles. The van der Waals surface area contributed by atoms with Crippen molar-refractivity contribution in [3.05, 3.63) is 182 Å². The molecule has 0 fully saturated rings. The fourth-order valence-electron chi connectivity index (χ4n) is 6.82. The molecule has 0 N–H and O–H groups in total. The van der Waals surface area contributed by atoms with Gasteiger partial charge in [-0.2, -0.15) is 0 Å². The van der Waals surface area contributed by atoms with Crippen molar-refractivity contribution < 1.29 is 0 Å². The number of hydrogen-bond acceptors (Lipinski definition) is 1. The highest BCUT2D eigenvalue weighted by molar-refractivity contribution is 9.09. The van der Waals surface area contributed by atoms with Crippen LogP contribution in [0.1, 0.15) is 6.42 Å². The third kappa shape index (κ3) is 5.41. The molecule has 0 saturated carbocycles. The van der Waals surface area contributed by atoms with Crippen molar-refractivity contribution in [3.63, 3.8) is 0 Å². The molecule has 0 bridgehead atoms. The molecule has 0 amide bonds. The van der Waals surface area contributed by atoms with E-state index in [1.807, 2.05) is 0 Å². The number of halogens is 1. The molecule has 0 saturated heterocycles. The number of hydrogen-bond donors (Lipinski definition) is 0. The highest BCUT2D eigenvalue weighted by Gasteiger charge is 2.57. The molecule has 212 valence electrons. The largest absolute Gasteiger partial charge is 0.324 e. The molecular weight excluding hydrogens is 619 g/mol. The second-order valence-electron chi connectivity index (χ2n) is 10.8. The van der Waals surface area contributed by atoms with Crippen molar-refractivity contribution in [1.29, 1.82) is 0 Å². The molecule has 0 heterocycles. The Kier molecular flexibility index (Phi) is 9.30. The van der Waals surface area contributed by atoms with Gasteiger partial charge in [0.2, 0.25) is 16.5 Å². The Morgan fingerprint density at radius 1 is 0.349 bits per heavy atom. The lowest BCUT2D eigenvalue weighted by atomic mass is 10.3. The topological polar surface area (TPSA) is 3.24 Å². The van der Waals surface area contributed by atoms with Crippen molar-refractivity contribution in [2.75, 3.05) is 11.9 Å². The van der Waals surface area contributed by atoms with Gasteiger partial charge in [0.05, 0.1) is 0 Å². The summed E-state index contributed by atoms with van der Waals surface area (Å²) >= 11 is 3.85. The van der Waals surface area contributed by atoms with Gasteiger partial charge in [-0.15, -0.1) is 0 Å². The SMILES string of the molecule is BrCCCN([Si](c1ccccc1)(c1ccccc1)c1ccccc1)[Si](c1ccccc1)(c1ccccc1)c1ccccc1. The highest BCUT2D eigenvalue weighted by atomic mass is 79.9. The molecule has 0 aliphatic carbocycles. The van der Waals surface area contributed by atoms with E-state index in [0.29, 0.717) is 0 Å². The zero-order valence-electron chi connectivity index (χ0n) is 24.3. The smallest absolute Gasteiger partial charge is 0.219 e. The minimum atomic E-state index is -2.90. The third-order valence-electron chi connectivity index (χ3n) is 8.47. The third-order valence-corrected chi connectivity index (χ3v) is 20.1. The van der Waals surface area contributed by atoms with Crippen molar-refractivity contribution in [2.24, 2.45) is 0 Å². The van der Waals surface area contributed by atoms with Gasteiger partial charge >= 0.3 is 0 Å². The van der Waals surface area contributed by atoms with Crippen LogP contribution < -0.4 is 31.1 Å². The first-order valence-electron chi connectivity index (χ1n) is 15.0. The molecule has 43 heavy (non-hydrogen) atoms. The zero-order valence-corrected chi connectivity index (χ0v) is 27.9. The molecule has 6 rings (SSSR count). The molecule has 0 spiro atoms. The number of alkyl halides is 1. The Bertz CT molecular complexity index is 1360. The monoisotopic (exact) mass is 653 g/mol. The van der Waals surface area contributed by atoms with E-state index in [2.05, 4.69) is 202 Å². The van der Waals surface area contributed by atoms with Crippen LogP contribution in [-0.4, -0.2) is 32.6 Å². The number of benzene rings is 6. The predicted molar refractivity (Wildman–Crippen MR) is 193 cm³/mol. The molecule has 1 nitrogen and oxygen atoms in total. The Morgan fingerprint density at radius 3 is 0.744 bits per heavy atom. The summed E-state index contributed by atoms with van der Waals surface area (Å²) in [4.78, 5) is 0. The van der Waals surface area contributed by atoms with Crippen LogP contribution in [0.15, 0.2) is 182 Å². The molecule has 0 aliphatic rings. The Labute approximate surface area is 266 Å². The summed E-state index contributed by atoms with van der Waals surface area (Å²) < 4.78 is 3.06. The lowest BCUT2D eigenvalue weighted by Crippen LogP contribution is -2.90. The van der Waals surface area contributed by atoms with Crippen LogP contribution >= 0.6 is 15.9 Å². The summed E-state index contributed by atoms with van der Waals surface area (Å²) in [6.45, 7) is 0.945. The van der Waals surface area contributed by atoms with Gasteiger partial charge in [0.1, 0.15) is 0 Å². The lowest BCUT2D eigenvalue weighted by Gasteiger charge is -2.54. The van der Waals surface area contributed by atoms with E-state index in [4.69, 9.17) is 0 Å². The van der Waals surface area contributed by atoms with Gasteiger partial charge < -0.3 is 4.23 Å². The average Bonchev–Trinajstić information content (AvgIpc) is 3.10. The van der Waals surface area contributed by atoms with E-state index in [1.165, 1.54) is 31.1 Å². The maximum Gasteiger partial charge on any atom is 0.219 e. The minimum Gasteiger partial charge on any atom is -0.324 e. The van der Waals surface area contributed by atoms with Gasteiger partial charge in [-0.1, -0.05) is 198 Å². The van der Waals surface area contributed by atoms with E-state index in [0.717, 1.165) is 18.3 Å². The number of nitrogens with zero attached hydrogens (tertiary/aromatic N) is 1. The van der Waals surface area contributed by atoms with Crippen molar-refractivity contribution >= 4 is 63.5 Å². The molecule has 0 aromatic heterocycles. The Morgan fingerprint density at radius 2 is 0.558 bits per heavy atom. The van der Waals surface area contributed by atoms with E-state index in [1.54, 1.807) is 0 Å². The van der Waals surface area contributed by atoms with Gasteiger partial charge in [-0.05, 0) is 44.1 Å². The van der Waals surface area contributed by atoms with Crippen molar-refractivity contribution in [2.45, 2.75) is 6.42 Å². The molecule has 0 atom stereocenters. The molecule has 0 unspecified atom stereocenters. The first kappa shape index (κ1) is 29.3. The second-order valence-corrected chi connectivity index (χ2v) is 19.4. The summed E-state index contributed by atoms with van der Waals surface area (Å²) in [7, 11) is -5.80. The van der Waals surface area contributed by atoms with Gasteiger partial charge in [0, 0.05) is 5.33 Å². The van der Waals surface area contributed by atoms with Crippen molar-refractivity contribution in [1.82, 2.24) is 4.23 Å². The Hall–Kier alpha value is -3.81. The van der Waals surface area contributed by atoms with Crippen LogP contribution in [-0.2, 0) is 0 Å². The van der Waals surface area contributed by atoms with Crippen LogP contribution in [0.25, 0.3) is 0 Å². The van der Waals surface area contributed by atoms with Crippen LogP contribution in [0.2, 0.25) is 0 Å². The number of rotatable bonds is 11. The standard InChI is InChI=1S/C39H36BrNSi2/c40-32-19-33-41(42(34-20-7-1-8-21-34,35-22-9-2-10-23-35)36-24-11-3-12-25-36)43(37-26-13-4-14-27-37,38-28-15-5-16-29-38)39-30-17-6-18-31-39/h1-18,20-31H,19,32-33H2. The fraction of sp³-hybridized carbons (Fsp3) is 0.0769. The molecule has 0 radical (unpaired) electrons. The summed E-state index contributed by atoms with van der Waals surface area (Å²) in [5.41, 5.74) is 0. The normalized spacial score (nSPS) is 11.9. The van der Waals surface area contributed by atoms with E-state index in [9.17, 15) is 0 Å². The highest BCUT2D eigenvalue weighted by Crippen LogP contribution is 2.24. The van der Waals surface area contributed by atoms with Crippen LogP contribution in [0, 0.1) is 0 Å². The molecule has 6 aromatic rings. The maximum absolute atomic E-state index is 3.85. The molecule has 4 heteroatoms. The minimum absolute atomic E-state index is 0.940. The lowest BCUT2D eigenvalue weighted by molar-refractivity contribution is 0.632. The quantitative estimate of drug-likeness (QED) is 0.103. The maximum atomic E-state index is 3.85. The summed E-state index contributed by atoms with van der Waals surface area (Å²) in [6, 6.07) is 68.2. The van der Waals surface area contributed by atoms with E-state index < -0.39 is 16.5 Å². The zero-order chi connectivity index (χ0) is 29.4. The van der Waals surface area contributed by atoms with Crippen LogP contribution in [0.4, 0.5) is 0 Å². The Balaban J connectivity index is 1.85. The summed E-state index contributed by atoms with van der Waals surface area (Å²) in [5.74, 6) is 0. The fourth-order valence-corrected chi connectivity index (χ4v) is 20.3. The van der Waals surface area contributed by atoms with Crippen LogP contribution in [0.3, 0.4) is 0 Å².